The van der Waals surface area contributed by atoms with Gasteiger partial charge in [-0.3, -0.25) is 4.79 Å². The van der Waals surface area contributed by atoms with E-state index in [4.69, 9.17) is 5.73 Å². The van der Waals surface area contributed by atoms with Crippen molar-refractivity contribution in [2.75, 3.05) is 13.1 Å². The fourth-order valence-electron chi connectivity index (χ4n) is 2.32. The molecule has 1 aliphatic rings. The minimum Gasteiger partial charge on any atom is -0.355 e. The third-order valence-corrected chi connectivity index (χ3v) is 4.48. The Morgan fingerprint density at radius 2 is 1.88 bits per heavy atom. The van der Waals surface area contributed by atoms with Gasteiger partial charge in [0.25, 0.3) is 0 Å². The number of amides is 1. The fourth-order valence-corrected chi connectivity index (χ4v) is 2.32. The number of carbonyl (C=O) groups is 1. The molecular formula is C14H28N2O. The number of nitrogens with two attached hydrogens (primary N) is 1. The topological polar surface area (TPSA) is 55.1 Å². The van der Waals surface area contributed by atoms with Crippen LogP contribution in [0.4, 0.5) is 0 Å². The maximum Gasteiger partial charge on any atom is 0.227 e. The summed E-state index contributed by atoms with van der Waals surface area (Å²) < 4.78 is 0. The number of hydrogen-bond donors (Lipinski definition) is 2. The number of hydrogen-bond acceptors (Lipinski definition) is 2. The van der Waals surface area contributed by atoms with Crippen molar-refractivity contribution in [3.05, 3.63) is 0 Å². The van der Waals surface area contributed by atoms with Crippen LogP contribution in [0.25, 0.3) is 0 Å². The van der Waals surface area contributed by atoms with E-state index in [1.54, 1.807) is 0 Å². The molecule has 3 N–H and O–H groups in total. The Hall–Kier alpha value is -0.570. The molecule has 0 heterocycles. The van der Waals surface area contributed by atoms with E-state index in [0.29, 0.717) is 12.5 Å². The highest BCUT2D eigenvalue weighted by Crippen LogP contribution is 2.37. The van der Waals surface area contributed by atoms with Crippen LogP contribution in [0.15, 0.2) is 0 Å². The molecule has 3 nitrogen and oxygen atoms in total. The third kappa shape index (κ3) is 3.44. The molecule has 0 aromatic heterocycles. The predicted octanol–water partition coefficient (Wildman–Crippen LogP) is 2.30. The molecule has 0 aliphatic heterocycles. The molecular weight excluding hydrogens is 212 g/mol. The molecule has 0 spiro atoms. The van der Waals surface area contributed by atoms with Gasteiger partial charge in [-0.25, -0.2) is 0 Å². The summed E-state index contributed by atoms with van der Waals surface area (Å²) in [4.78, 5) is 12.2. The highest BCUT2D eigenvalue weighted by atomic mass is 16.2. The van der Waals surface area contributed by atoms with E-state index >= 15 is 0 Å². The monoisotopic (exact) mass is 240 g/mol. The predicted molar refractivity (Wildman–Crippen MR) is 71.6 cm³/mol. The average molecular weight is 240 g/mol. The van der Waals surface area contributed by atoms with Crippen molar-refractivity contribution in [1.82, 2.24) is 5.32 Å². The van der Waals surface area contributed by atoms with E-state index in [9.17, 15) is 4.79 Å². The van der Waals surface area contributed by atoms with Crippen molar-refractivity contribution in [3.63, 3.8) is 0 Å². The maximum absolute atomic E-state index is 12.2. The summed E-state index contributed by atoms with van der Waals surface area (Å²) in [6.45, 7) is 10.0. The molecule has 0 radical (unpaired) electrons. The van der Waals surface area contributed by atoms with Crippen molar-refractivity contribution in [2.24, 2.45) is 22.5 Å². The van der Waals surface area contributed by atoms with Gasteiger partial charge in [-0.15, -0.1) is 0 Å². The van der Waals surface area contributed by atoms with Gasteiger partial charge in [-0.2, -0.15) is 0 Å². The second kappa shape index (κ2) is 5.38. The summed E-state index contributed by atoms with van der Waals surface area (Å²) in [6.07, 6.45) is 4.19. The molecule has 0 bridgehead atoms. The van der Waals surface area contributed by atoms with Gasteiger partial charge >= 0.3 is 0 Å². The molecule has 1 atom stereocenters. The Kier molecular flexibility index (Phi) is 4.59. The van der Waals surface area contributed by atoms with Gasteiger partial charge in [-0.05, 0) is 24.2 Å². The fraction of sp³-hybridized carbons (Fsp3) is 0.929. The maximum atomic E-state index is 12.2. The van der Waals surface area contributed by atoms with Crippen LogP contribution in [-0.2, 0) is 4.79 Å². The van der Waals surface area contributed by atoms with Crippen molar-refractivity contribution in [1.29, 1.82) is 0 Å². The van der Waals surface area contributed by atoms with Crippen LogP contribution >= 0.6 is 0 Å². The Labute approximate surface area is 106 Å². The molecule has 1 fully saturated rings. The quantitative estimate of drug-likeness (QED) is 0.792. The Morgan fingerprint density at radius 1 is 1.35 bits per heavy atom. The summed E-state index contributed by atoms with van der Waals surface area (Å²) in [6, 6.07) is 0. The molecule has 0 saturated heterocycles. The zero-order chi connectivity index (χ0) is 13.1. The standard InChI is InChI=1S/C14H28N2O/c1-11(13(2,3)4)9-16-12(17)14(10-15)7-5-6-8-14/h11H,5-10,15H2,1-4H3,(H,16,17). The molecule has 17 heavy (non-hydrogen) atoms. The number of carbonyl (C=O) groups excluding carboxylic acids is 1. The lowest BCUT2D eigenvalue weighted by Crippen LogP contribution is -2.46. The lowest BCUT2D eigenvalue weighted by Gasteiger charge is -2.30. The van der Waals surface area contributed by atoms with Crippen LogP contribution in [0.3, 0.4) is 0 Å². The third-order valence-electron chi connectivity index (χ3n) is 4.48. The molecule has 0 aromatic rings. The smallest absolute Gasteiger partial charge is 0.227 e. The second-order valence-electron chi connectivity index (χ2n) is 6.67. The zero-order valence-electron chi connectivity index (χ0n) is 11.8. The van der Waals surface area contributed by atoms with Crippen molar-refractivity contribution < 1.29 is 4.79 Å². The first kappa shape index (κ1) is 14.5. The van der Waals surface area contributed by atoms with E-state index in [2.05, 4.69) is 33.0 Å². The largest absolute Gasteiger partial charge is 0.355 e. The van der Waals surface area contributed by atoms with Gasteiger partial charge in [0.15, 0.2) is 0 Å². The molecule has 1 amide bonds. The Morgan fingerprint density at radius 3 is 2.29 bits per heavy atom. The molecule has 1 aliphatic carbocycles. The summed E-state index contributed by atoms with van der Waals surface area (Å²) in [5, 5.41) is 3.10. The molecule has 100 valence electrons. The van der Waals surface area contributed by atoms with Gasteiger partial charge < -0.3 is 11.1 Å². The first-order chi connectivity index (χ1) is 7.82. The molecule has 0 aromatic carbocycles. The number of rotatable bonds is 4. The average Bonchev–Trinajstić information content (AvgIpc) is 2.73. The molecule has 1 unspecified atom stereocenters. The minimum absolute atomic E-state index is 0.175. The molecule has 1 saturated carbocycles. The van der Waals surface area contributed by atoms with E-state index in [1.807, 2.05) is 0 Å². The van der Waals surface area contributed by atoms with Gasteiger partial charge in [0.2, 0.25) is 5.91 Å². The summed E-state index contributed by atoms with van der Waals surface area (Å²) >= 11 is 0. The van der Waals surface area contributed by atoms with Crippen LogP contribution in [0.2, 0.25) is 0 Å². The van der Waals surface area contributed by atoms with Crippen molar-refractivity contribution >= 4 is 5.91 Å². The summed E-state index contributed by atoms with van der Waals surface area (Å²) in [5.74, 6) is 0.649. The van der Waals surface area contributed by atoms with E-state index in [1.165, 1.54) is 0 Å². The zero-order valence-corrected chi connectivity index (χ0v) is 11.8. The van der Waals surface area contributed by atoms with E-state index in [-0.39, 0.29) is 16.7 Å². The molecule has 3 heteroatoms. The SMILES string of the molecule is CC(CNC(=O)C1(CN)CCCC1)C(C)(C)C. The van der Waals surface area contributed by atoms with Crippen LogP contribution in [0.5, 0.6) is 0 Å². The van der Waals surface area contributed by atoms with E-state index in [0.717, 1.165) is 32.2 Å². The van der Waals surface area contributed by atoms with Gasteiger partial charge in [0.05, 0.1) is 5.41 Å². The number of nitrogens with one attached hydrogen (secondary N) is 1. The van der Waals surface area contributed by atoms with Crippen LogP contribution in [-0.4, -0.2) is 19.0 Å². The minimum atomic E-state index is -0.266. The second-order valence-corrected chi connectivity index (χ2v) is 6.67. The van der Waals surface area contributed by atoms with Crippen LogP contribution in [0.1, 0.15) is 53.4 Å². The Balaban J connectivity index is 2.49. The highest BCUT2D eigenvalue weighted by Gasteiger charge is 2.39. The van der Waals surface area contributed by atoms with Gasteiger partial charge in [-0.1, -0.05) is 40.5 Å². The first-order valence-corrected chi connectivity index (χ1v) is 6.80. The summed E-state index contributed by atoms with van der Waals surface area (Å²) in [5.41, 5.74) is 5.77. The highest BCUT2D eigenvalue weighted by molar-refractivity contribution is 5.83. The molecule has 1 rings (SSSR count). The van der Waals surface area contributed by atoms with E-state index < -0.39 is 0 Å². The van der Waals surface area contributed by atoms with Crippen LogP contribution < -0.4 is 11.1 Å². The van der Waals surface area contributed by atoms with Crippen molar-refractivity contribution in [3.8, 4) is 0 Å². The Bertz CT molecular complexity index is 262. The first-order valence-electron chi connectivity index (χ1n) is 6.80. The lowest BCUT2D eigenvalue weighted by atomic mass is 9.81. The van der Waals surface area contributed by atoms with Gasteiger partial charge in [0.1, 0.15) is 0 Å². The van der Waals surface area contributed by atoms with Gasteiger partial charge in [0, 0.05) is 13.1 Å². The normalized spacial score (nSPS) is 21.2. The van der Waals surface area contributed by atoms with Crippen LogP contribution in [0, 0.1) is 16.7 Å². The lowest BCUT2D eigenvalue weighted by molar-refractivity contribution is -0.130. The van der Waals surface area contributed by atoms with Crippen molar-refractivity contribution in [2.45, 2.75) is 53.4 Å². The summed E-state index contributed by atoms with van der Waals surface area (Å²) in [7, 11) is 0.